The molecular formula is C11H15NO4S. The minimum Gasteiger partial charge on any atom is -0.372 e. The molecule has 0 radical (unpaired) electrons. The van der Waals surface area contributed by atoms with Gasteiger partial charge in [-0.3, -0.25) is 4.55 Å². The zero-order valence-electron chi connectivity index (χ0n) is 9.46. The summed E-state index contributed by atoms with van der Waals surface area (Å²) in [5.74, 6) is 0. The molecule has 0 spiro atoms. The Bertz CT molecular complexity index is 526. The van der Waals surface area contributed by atoms with E-state index in [9.17, 15) is 13.0 Å². The molecule has 0 aromatic heterocycles. The van der Waals surface area contributed by atoms with Crippen LogP contribution in [0.15, 0.2) is 23.1 Å². The van der Waals surface area contributed by atoms with Crippen LogP contribution in [0.5, 0.6) is 0 Å². The van der Waals surface area contributed by atoms with Crippen molar-refractivity contribution in [1.82, 2.24) is 0 Å². The number of nitrogens with two attached hydrogens (primary N) is 1. The van der Waals surface area contributed by atoms with Gasteiger partial charge >= 0.3 is 0 Å². The standard InChI is InChI=1S/C11H15NO4S/c1-7-2-3-11(17(13,14)15)9(4-7)10-5-8(12)6-16-10/h2-4,8,10H,5-6,12H2,1H3,(H,13,14,15). The first kappa shape index (κ1) is 12.5. The van der Waals surface area contributed by atoms with E-state index in [0.29, 0.717) is 18.6 Å². The zero-order valence-corrected chi connectivity index (χ0v) is 10.3. The van der Waals surface area contributed by atoms with Gasteiger partial charge < -0.3 is 10.5 Å². The lowest BCUT2D eigenvalue weighted by molar-refractivity contribution is 0.108. The second kappa shape index (κ2) is 4.38. The number of aryl methyl sites for hydroxylation is 1. The molecule has 1 fully saturated rings. The molecule has 17 heavy (non-hydrogen) atoms. The van der Waals surface area contributed by atoms with E-state index < -0.39 is 10.1 Å². The molecule has 0 bridgehead atoms. The van der Waals surface area contributed by atoms with Gasteiger partial charge in [0, 0.05) is 11.6 Å². The Morgan fingerprint density at radius 1 is 1.47 bits per heavy atom. The summed E-state index contributed by atoms with van der Waals surface area (Å²) < 4.78 is 37.2. The Morgan fingerprint density at radius 3 is 2.71 bits per heavy atom. The third-order valence-electron chi connectivity index (χ3n) is 2.82. The molecule has 1 aromatic carbocycles. The molecular weight excluding hydrogens is 242 g/mol. The average Bonchev–Trinajstić information content (AvgIpc) is 2.62. The number of rotatable bonds is 2. The van der Waals surface area contributed by atoms with E-state index in [2.05, 4.69) is 0 Å². The smallest absolute Gasteiger partial charge is 0.294 e. The van der Waals surface area contributed by atoms with Crippen LogP contribution in [0.4, 0.5) is 0 Å². The third kappa shape index (κ3) is 2.66. The Hall–Kier alpha value is -0.950. The van der Waals surface area contributed by atoms with Crippen molar-refractivity contribution in [3.8, 4) is 0 Å². The molecule has 2 atom stereocenters. The fourth-order valence-electron chi connectivity index (χ4n) is 2.02. The van der Waals surface area contributed by atoms with Gasteiger partial charge in [-0.15, -0.1) is 0 Å². The van der Waals surface area contributed by atoms with Gasteiger partial charge in [-0.2, -0.15) is 8.42 Å². The summed E-state index contributed by atoms with van der Waals surface area (Å²) in [5.41, 5.74) is 7.12. The minimum atomic E-state index is -4.23. The molecule has 6 heteroatoms. The molecule has 0 amide bonds. The fraction of sp³-hybridized carbons (Fsp3) is 0.455. The number of benzene rings is 1. The minimum absolute atomic E-state index is 0.0882. The van der Waals surface area contributed by atoms with Crippen LogP contribution in [0.25, 0.3) is 0 Å². The van der Waals surface area contributed by atoms with E-state index in [0.717, 1.165) is 5.56 Å². The van der Waals surface area contributed by atoms with Crippen molar-refractivity contribution in [2.45, 2.75) is 30.4 Å². The molecule has 2 unspecified atom stereocenters. The van der Waals surface area contributed by atoms with Gasteiger partial charge in [0.2, 0.25) is 0 Å². The maximum absolute atomic E-state index is 11.3. The molecule has 3 N–H and O–H groups in total. The lowest BCUT2D eigenvalue weighted by Gasteiger charge is -2.14. The first-order chi connectivity index (χ1) is 7.88. The summed E-state index contributed by atoms with van der Waals surface area (Å²) in [6, 6.07) is 4.66. The van der Waals surface area contributed by atoms with Crippen molar-refractivity contribution < 1.29 is 17.7 Å². The number of hydrogen-bond acceptors (Lipinski definition) is 4. The molecule has 0 saturated carbocycles. The maximum Gasteiger partial charge on any atom is 0.294 e. The van der Waals surface area contributed by atoms with Gasteiger partial charge in [-0.25, -0.2) is 0 Å². The van der Waals surface area contributed by atoms with Gasteiger partial charge in [-0.05, 0) is 19.4 Å². The van der Waals surface area contributed by atoms with Crippen molar-refractivity contribution in [3.63, 3.8) is 0 Å². The van der Waals surface area contributed by atoms with Crippen LogP contribution in [-0.4, -0.2) is 25.6 Å². The maximum atomic E-state index is 11.3. The lowest BCUT2D eigenvalue weighted by atomic mass is 10.0. The topological polar surface area (TPSA) is 89.6 Å². The van der Waals surface area contributed by atoms with Gasteiger partial charge in [0.25, 0.3) is 10.1 Å². The molecule has 1 heterocycles. The van der Waals surface area contributed by atoms with Crippen molar-refractivity contribution >= 4 is 10.1 Å². The van der Waals surface area contributed by atoms with E-state index in [1.807, 2.05) is 6.92 Å². The third-order valence-corrected chi connectivity index (χ3v) is 3.75. The highest BCUT2D eigenvalue weighted by Gasteiger charge is 2.29. The van der Waals surface area contributed by atoms with E-state index in [1.54, 1.807) is 12.1 Å². The van der Waals surface area contributed by atoms with E-state index in [1.165, 1.54) is 6.07 Å². The van der Waals surface area contributed by atoms with Crippen LogP contribution in [-0.2, 0) is 14.9 Å². The van der Waals surface area contributed by atoms with Crippen molar-refractivity contribution in [2.24, 2.45) is 5.73 Å². The second-order valence-electron chi connectivity index (χ2n) is 4.33. The highest BCUT2D eigenvalue weighted by Crippen LogP contribution is 2.33. The largest absolute Gasteiger partial charge is 0.372 e. The number of hydrogen-bond donors (Lipinski definition) is 2. The summed E-state index contributed by atoms with van der Waals surface area (Å²) in [5, 5.41) is 0. The normalized spacial score (nSPS) is 25.1. The quantitative estimate of drug-likeness (QED) is 0.772. The van der Waals surface area contributed by atoms with Crippen molar-refractivity contribution in [3.05, 3.63) is 29.3 Å². The Kier molecular flexibility index (Phi) is 3.22. The summed E-state index contributed by atoms with van der Waals surface area (Å²) in [6.45, 7) is 2.26. The van der Waals surface area contributed by atoms with Crippen LogP contribution in [0.3, 0.4) is 0 Å². The summed E-state index contributed by atoms with van der Waals surface area (Å²) in [7, 11) is -4.23. The summed E-state index contributed by atoms with van der Waals surface area (Å²) >= 11 is 0. The zero-order chi connectivity index (χ0) is 12.6. The van der Waals surface area contributed by atoms with E-state index in [-0.39, 0.29) is 17.0 Å². The predicted molar refractivity (Wildman–Crippen MR) is 62.3 cm³/mol. The number of ether oxygens (including phenoxy) is 1. The molecule has 0 aliphatic carbocycles. The van der Waals surface area contributed by atoms with Crippen LogP contribution in [0.2, 0.25) is 0 Å². The molecule has 1 aromatic rings. The van der Waals surface area contributed by atoms with Crippen LogP contribution in [0, 0.1) is 6.92 Å². The Morgan fingerprint density at radius 2 is 2.18 bits per heavy atom. The summed E-state index contributed by atoms with van der Waals surface area (Å²) in [4.78, 5) is -0.0952. The van der Waals surface area contributed by atoms with Gasteiger partial charge in [-0.1, -0.05) is 17.7 Å². The van der Waals surface area contributed by atoms with Crippen molar-refractivity contribution in [2.75, 3.05) is 6.61 Å². The first-order valence-corrected chi connectivity index (χ1v) is 6.77. The molecule has 94 valence electrons. The summed E-state index contributed by atoms with van der Waals surface area (Å²) in [6.07, 6.45) is 0.202. The SMILES string of the molecule is Cc1ccc(S(=O)(=O)O)c(C2CC(N)CO2)c1. The fourth-order valence-corrected chi connectivity index (χ4v) is 2.75. The van der Waals surface area contributed by atoms with Gasteiger partial charge in [0.1, 0.15) is 0 Å². The van der Waals surface area contributed by atoms with Gasteiger partial charge in [0.05, 0.1) is 17.6 Å². The Labute approximate surface area is 100 Å². The van der Waals surface area contributed by atoms with Crippen LogP contribution >= 0.6 is 0 Å². The second-order valence-corrected chi connectivity index (χ2v) is 5.72. The highest BCUT2D eigenvalue weighted by atomic mass is 32.2. The van der Waals surface area contributed by atoms with Gasteiger partial charge in [0.15, 0.2) is 0 Å². The average molecular weight is 257 g/mol. The first-order valence-electron chi connectivity index (χ1n) is 5.33. The molecule has 2 rings (SSSR count). The molecule has 1 aliphatic rings. The van der Waals surface area contributed by atoms with E-state index >= 15 is 0 Å². The Balaban J connectivity index is 2.48. The van der Waals surface area contributed by atoms with Crippen LogP contribution in [0.1, 0.15) is 23.7 Å². The molecule has 1 saturated heterocycles. The lowest BCUT2D eigenvalue weighted by Crippen LogP contribution is -2.18. The monoisotopic (exact) mass is 257 g/mol. The van der Waals surface area contributed by atoms with E-state index in [4.69, 9.17) is 10.5 Å². The van der Waals surface area contributed by atoms with Crippen LogP contribution < -0.4 is 5.73 Å². The highest BCUT2D eigenvalue weighted by molar-refractivity contribution is 7.85. The molecule has 5 nitrogen and oxygen atoms in total. The predicted octanol–water partition coefficient (Wildman–Crippen LogP) is 1.03. The van der Waals surface area contributed by atoms with Crippen molar-refractivity contribution in [1.29, 1.82) is 0 Å². The molecule has 1 aliphatic heterocycles.